The molecule has 0 N–H and O–H groups in total. The van der Waals surface area contributed by atoms with Crippen LogP contribution in [-0.2, 0) is 0 Å². The highest BCUT2D eigenvalue weighted by Crippen LogP contribution is 2.38. The molecule has 4 heteroatoms. The van der Waals surface area contributed by atoms with Crippen LogP contribution in [0.4, 0.5) is 0 Å². The van der Waals surface area contributed by atoms with Crippen molar-refractivity contribution >= 4 is 11.1 Å². The summed E-state index contributed by atoms with van der Waals surface area (Å²) in [6, 6.07) is 33.4. The quantitative estimate of drug-likeness (QED) is 0.0598. The van der Waals surface area contributed by atoms with Crippen molar-refractivity contribution in [1.82, 2.24) is 0 Å². The summed E-state index contributed by atoms with van der Waals surface area (Å²) < 4.78 is 14.7. The Morgan fingerprint density at radius 2 is 0.700 bits per heavy atom. The number of benzene rings is 4. The number of quaternary nitrogens is 2. The van der Waals surface area contributed by atoms with E-state index >= 15 is 0 Å². The molecular formula is C46H56N2O2+2. The molecule has 50 heavy (non-hydrogen) atoms. The number of ether oxygens (including phenoxy) is 2. The monoisotopic (exact) mass is 668 g/mol. The summed E-state index contributed by atoms with van der Waals surface area (Å²) in [5, 5.41) is 0. The number of terminal acetylenes is 2. The summed E-state index contributed by atoms with van der Waals surface area (Å²) in [5.74, 6) is 7.26. The Bertz CT molecular complexity index is 1600. The van der Waals surface area contributed by atoms with Crippen LogP contribution in [0, 0.1) is 24.7 Å². The molecule has 0 heterocycles. The van der Waals surface area contributed by atoms with Gasteiger partial charge in [-0.05, 0) is 123 Å². The fourth-order valence-electron chi connectivity index (χ4n) is 6.82. The molecule has 0 aliphatic heterocycles. The molecule has 0 atom stereocenters. The van der Waals surface area contributed by atoms with Crippen molar-refractivity contribution in [3.63, 3.8) is 0 Å². The van der Waals surface area contributed by atoms with E-state index in [-0.39, 0.29) is 0 Å². The lowest BCUT2D eigenvalue weighted by atomic mass is 9.85. The molecule has 0 saturated carbocycles. The third-order valence-electron chi connectivity index (χ3n) is 10.9. The zero-order valence-electron chi connectivity index (χ0n) is 31.2. The van der Waals surface area contributed by atoms with Crippen LogP contribution in [-0.4, -0.2) is 74.5 Å². The van der Waals surface area contributed by atoms with Gasteiger partial charge in [0.2, 0.25) is 0 Å². The van der Waals surface area contributed by atoms with Crippen LogP contribution in [0.2, 0.25) is 0 Å². The molecule has 0 amide bonds. The van der Waals surface area contributed by atoms with Crippen molar-refractivity contribution in [2.75, 3.05) is 65.6 Å². The molecule has 0 radical (unpaired) electrons. The Kier molecular flexibility index (Phi) is 13.9. The zero-order chi connectivity index (χ0) is 36.0. The van der Waals surface area contributed by atoms with Crippen molar-refractivity contribution < 1.29 is 18.4 Å². The molecular weight excluding hydrogens is 613 g/mol. The van der Waals surface area contributed by atoms with Crippen molar-refractivity contribution in [3.8, 4) is 36.2 Å². The number of nitrogens with zero attached hydrogens (tertiary/aromatic N) is 2. The van der Waals surface area contributed by atoms with Gasteiger partial charge in [0, 0.05) is 11.1 Å². The Labute approximate surface area is 302 Å². The van der Waals surface area contributed by atoms with Crippen LogP contribution >= 0.6 is 0 Å². The lowest BCUT2D eigenvalue weighted by Gasteiger charge is -2.35. The first-order chi connectivity index (χ1) is 24.3. The first kappa shape index (κ1) is 38.1. The molecule has 0 aromatic heterocycles. The molecule has 4 aromatic carbocycles. The summed E-state index contributed by atoms with van der Waals surface area (Å²) in [6.07, 6.45) is 11.5. The van der Waals surface area contributed by atoms with Gasteiger partial charge < -0.3 is 18.4 Å². The normalized spacial score (nSPS) is 11.4. The lowest BCUT2D eigenvalue weighted by Crippen LogP contribution is -2.49. The minimum atomic E-state index is 0.683. The second kappa shape index (κ2) is 18.3. The highest BCUT2D eigenvalue weighted by Gasteiger charge is 2.22. The lowest BCUT2D eigenvalue weighted by molar-refractivity contribution is -0.923. The van der Waals surface area contributed by atoms with Crippen LogP contribution in [0.5, 0.6) is 11.5 Å². The van der Waals surface area contributed by atoms with Gasteiger partial charge in [-0.15, -0.1) is 12.8 Å². The van der Waals surface area contributed by atoms with E-state index in [2.05, 4.69) is 126 Å². The van der Waals surface area contributed by atoms with Gasteiger partial charge in [0.15, 0.2) is 0 Å². The summed E-state index contributed by atoms with van der Waals surface area (Å²) in [6.45, 7) is 23.6. The number of hydrogen-bond donors (Lipinski definition) is 0. The SMILES string of the molecule is C#Cc1ccc(C(=C(c2ccc(OCC[N+](CC)(CC)CC)cc2)c2ccc(OCC[N+](CC)(CC)CC)cc2)c2ccc(C#C)cc2)cc1. The fourth-order valence-corrected chi connectivity index (χ4v) is 6.82. The van der Waals surface area contributed by atoms with E-state index in [9.17, 15) is 0 Å². The Hall–Kier alpha value is -4.74. The third-order valence-corrected chi connectivity index (χ3v) is 10.9. The van der Waals surface area contributed by atoms with Crippen LogP contribution in [0.3, 0.4) is 0 Å². The van der Waals surface area contributed by atoms with Crippen molar-refractivity contribution in [2.45, 2.75) is 41.5 Å². The minimum Gasteiger partial charge on any atom is -0.488 e. The first-order valence-corrected chi connectivity index (χ1v) is 18.4. The molecule has 0 aliphatic carbocycles. The van der Waals surface area contributed by atoms with Crippen molar-refractivity contribution in [1.29, 1.82) is 0 Å². The van der Waals surface area contributed by atoms with E-state index in [1.165, 1.54) is 0 Å². The zero-order valence-corrected chi connectivity index (χ0v) is 31.2. The summed E-state index contributed by atoms with van der Waals surface area (Å²) >= 11 is 0. The largest absolute Gasteiger partial charge is 0.488 e. The van der Waals surface area contributed by atoms with Gasteiger partial charge >= 0.3 is 0 Å². The topological polar surface area (TPSA) is 18.5 Å². The van der Waals surface area contributed by atoms with Crippen LogP contribution < -0.4 is 9.47 Å². The minimum absolute atomic E-state index is 0.683. The maximum Gasteiger partial charge on any atom is 0.137 e. The van der Waals surface area contributed by atoms with Crippen LogP contribution in [0.1, 0.15) is 74.9 Å². The van der Waals surface area contributed by atoms with Gasteiger partial charge in [-0.3, -0.25) is 0 Å². The van der Waals surface area contributed by atoms with Gasteiger partial charge in [-0.25, -0.2) is 0 Å². The van der Waals surface area contributed by atoms with Crippen molar-refractivity contribution in [3.05, 3.63) is 130 Å². The molecule has 4 nitrogen and oxygen atoms in total. The summed E-state index contributed by atoms with van der Waals surface area (Å²) in [7, 11) is 0. The highest BCUT2D eigenvalue weighted by atomic mass is 16.5. The van der Waals surface area contributed by atoms with Gasteiger partial charge in [-0.1, -0.05) is 60.4 Å². The fraction of sp³-hybridized carbons (Fsp3) is 0.348. The molecule has 0 unspecified atom stereocenters. The molecule has 0 fully saturated rings. The Balaban J connectivity index is 1.77. The van der Waals surface area contributed by atoms with E-state index in [1.807, 2.05) is 24.3 Å². The standard InChI is InChI=1S/C46H56N2O2/c1-9-37-17-21-39(22-18-37)45(40-23-19-38(10-2)20-24-40)46(41-25-29-43(30-26-41)49-35-33-47(11-3,12-4)13-5)42-27-31-44(32-28-42)50-36-34-48(14-6,15-7)16-8/h1-2,17-32H,11-16,33-36H2,3-8H3/q+2. The average molecular weight is 669 g/mol. The highest BCUT2D eigenvalue weighted by molar-refractivity contribution is 6.04. The smallest absolute Gasteiger partial charge is 0.137 e. The van der Waals surface area contributed by atoms with Crippen molar-refractivity contribution in [2.24, 2.45) is 0 Å². The second-order valence-corrected chi connectivity index (χ2v) is 13.0. The maximum atomic E-state index is 6.30. The van der Waals surface area contributed by atoms with Gasteiger partial charge in [0.1, 0.15) is 37.8 Å². The maximum absolute atomic E-state index is 6.30. The Morgan fingerprint density at radius 3 is 0.940 bits per heavy atom. The average Bonchev–Trinajstić information content (AvgIpc) is 3.18. The second-order valence-electron chi connectivity index (χ2n) is 13.0. The molecule has 4 rings (SSSR count). The van der Waals surface area contributed by atoms with Gasteiger partial charge in [0.25, 0.3) is 0 Å². The molecule has 0 bridgehead atoms. The van der Waals surface area contributed by atoms with Crippen LogP contribution in [0.25, 0.3) is 11.1 Å². The first-order valence-electron chi connectivity index (χ1n) is 18.4. The third kappa shape index (κ3) is 9.28. The van der Waals surface area contributed by atoms with E-state index in [4.69, 9.17) is 22.3 Å². The predicted molar refractivity (Wildman–Crippen MR) is 211 cm³/mol. The van der Waals surface area contributed by atoms with E-state index in [0.29, 0.717) is 13.2 Å². The van der Waals surface area contributed by atoms with E-state index in [1.54, 1.807) is 0 Å². The molecule has 4 aromatic rings. The molecule has 260 valence electrons. The van der Waals surface area contributed by atoms with E-state index < -0.39 is 0 Å². The van der Waals surface area contributed by atoms with Gasteiger partial charge in [-0.2, -0.15) is 0 Å². The number of rotatable bonds is 18. The van der Waals surface area contributed by atoms with Gasteiger partial charge in [0.05, 0.1) is 39.3 Å². The predicted octanol–water partition coefficient (Wildman–Crippen LogP) is 9.17. The van der Waals surface area contributed by atoms with Crippen LogP contribution in [0.15, 0.2) is 97.1 Å². The molecule has 0 aliphatic rings. The van der Waals surface area contributed by atoms with E-state index in [0.717, 1.165) is 117 Å². The number of likely N-dealkylation sites (N-methyl/N-ethyl adjacent to an activating group) is 2. The number of hydrogen-bond acceptors (Lipinski definition) is 2. The molecule has 0 saturated heterocycles. The summed E-state index contributed by atoms with van der Waals surface area (Å²) in [4.78, 5) is 0. The Morgan fingerprint density at radius 1 is 0.440 bits per heavy atom. The summed E-state index contributed by atoms with van der Waals surface area (Å²) in [5.41, 5.74) is 8.17. The molecule has 0 spiro atoms.